The molecule has 0 amide bonds. The molecule has 0 unspecified atom stereocenters. The molecule has 2 N–H and O–H groups in total. The van der Waals surface area contributed by atoms with Crippen molar-refractivity contribution >= 4 is 0 Å². The van der Waals surface area contributed by atoms with Crippen LogP contribution >= 0.6 is 0 Å². The molecule has 110 valence electrons. The molecule has 1 aliphatic carbocycles. The van der Waals surface area contributed by atoms with Gasteiger partial charge in [0.2, 0.25) is 0 Å². The largest absolute Gasteiger partial charge is 0.326 e. The smallest absolute Gasteiger partial charge is 0.0234 e. The number of nitrogens with two attached hydrogens (primary N) is 1. The Labute approximate surface area is 122 Å². The van der Waals surface area contributed by atoms with Crippen molar-refractivity contribution in [2.24, 2.45) is 5.73 Å². The van der Waals surface area contributed by atoms with E-state index in [2.05, 4.69) is 34.1 Å². The fraction of sp³-hybridized carbons (Fsp3) is 0.647. The number of benzene rings is 1. The molecule has 0 aromatic heterocycles. The second-order valence-electron chi connectivity index (χ2n) is 6.27. The first kappa shape index (κ1) is 14.1. The summed E-state index contributed by atoms with van der Waals surface area (Å²) in [7, 11) is 0. The lowest BCUT2D eigenvalue weighted by Gasteiger charge is -2.38. The highest BCUT2D eigenvalue weighted by Crippen LogP contribution is 2.24. The molecule has 20 heavy (non-hydrogen) atoms. The highest BCUT2D eigenvalue weighted by atomic mass is 15.3. The van der Waals surface area contributed by atoms with Gasteiger partial charge in [0, 0.05) is 45.3 Å². The third-order valence-electron chi connectivity index (χ3n) is 4.91. The third kappa shape index (κ3) is 3.40. The molecule has 1 saturated carbocycles. The van der Waals surface area contributed by atoms with Crippen LogP contribution in [0.3, 0.4) is 0 Å². The Morgan fingerprint density at radius 2 is 1.50 bits per heavy atom. The second kappa shape index (κ2) is 6.70. The van der Waals surface area contributed by atoms with Crippen LogP contribution in [0.5, 0.6) is 0 Å². The quantitative estimate of drug-likeness (QED) is 0.913. The molecular formula is C17H27N3. The third-order valence-corrected chi connectivity index (χ3v) is 4.91. The lowest BCUT2D eigenvalue weighted by Crippen LogP contribution is -2.49. The maximum atomic E-state index is 5.64. The van der Waals surface area contributed by atoms with E-state index >= 15 is 0 Å². The van der Waals surface area contributed by atoms with Crippen molar-refractivity contribution in [3.63, 3.8) is 0 Å². The Kier molecular flexibility index (Phi) is 4.71. The van der Waals surface area contributed by atoms with E-state index in [9.17, 15) is 0 Å². The summed E-state index contributed by atoms with van der Waals surface area (Å²) in [6.45, 7) is 6.67. The van der Waals surface area contributed by atoms with Crippen LogP contribution in [-0.4, -0.2) is 42.0 Å². The summed E-state index contributed by atoms with van der Waals surface area (Å²) in [4.78, 5) is 5.31. The van der Waals surface area contributed by atoms with Crippen LogP contribution in [0.15, 0.2) is 24.3 Å². The van der Waals surface area contributed by atoms with Gasteiger partial charge in [-0.3, -0.25) is 9.80 Å². The van der Waals surface area contributed by atoms with Gasteiger partial charge < -0.3 is 5.73 Å². The maximum absolute atomic E-state index is 5.64. The van der Waals surface area contributed by atoms with E-state index in [0.29, 0.717) is 6.54 Å². The highest BCUT2D eigenvalue weighted by molar-refractivity contribution is 5.22. The van der Waals surface area contributed by atoms with Crippen molar-refractivity contribution in [3.05, 3.63) is 35.4 Å². The Morgan fingerprint density at radius 3 is 2.10 bits per heavy atom. The minimum absolute atomic E-state index is 0.639. The summed E-state index contributed by atoms with van der Waals surface area (Å²) in [5.74, 6) is 0. The molecule has 2 fully saturated rings. The van der Waals surface area contributed by atoms with Gasteiger partial charge in [-0.15, -0.1) is 0 Å². The lowest BCUT2D eigenvalue weighted by molar-refractivity contribution is 0.0937. The highest BCUT2D eigenvalue weighted by Gasteiger charge is 2.25. The standard InChI is InChI=1S/C17H27N3/c18-13-15-5-7-16(8-6-15)14-19-9-11-20(12-10-19)17-3-1-2-4-17/h5-8,17H,1-4,9-14,18H2. The predicted octanol–water partition coefficient (Wildman–Crippen LogP) is 2.21. The Hall–Kier alpha value is -0.900. The fourth-order valence-electron chi connectivity index (χ4n) is 3.59. The molecule has 1 aromatic carbocycles. The van der Waals surface area contributed by atoms with Gasteiger partial charge in [0.15, 0.2) is 0 Å². The van der Waals surface area contributed by atoms with Crippen LogP contribution in [0.2, 0.25) is 0 Å². The van der Waals surface area contributed by atoms with E-state index in [0.717, 1.165) is 12.6 Å². The summed E-state index contributed by atoms with van der Waals surface area (Å²) in [6.07, 6.45) is 5.75. The first-order valence-corrected chi connectivity index (χ1v) is 8.09. The molecule has 3 nitrogen and oxygen atoms in total. The molecule has 3 rings (SSSR count). The Morgan fingerprint density at radius 1 is 0.900 bits per heavy atom. The van der Waals surface area contributed by atoms with Crippen molar-refractivity contribution < 1.29 is 0 Å². The zero-order valence-corrected chi connectivity index (χ0v) is 12.4. The van der Waals surface area contributed by atoms with Crippen LogP contribution in [0.25, 0.3) is 0 Å². The number of hydrogen-bond donors (Lipinski definition) is 1. The second-order valence-corrected chi connectivity index (χ2v) is 6.27. The van der Waals surface area contributed by atoms with E-state index in [1.807, 2.05) is 0 Å². The van der Waals surface area contributed by atoms with Crippen LogP contribution in [0, 0.1) is 0 Å². The lowest BCUT2D eigenvalue weighted by atomic mass is 10.1. The van der Waals surface area contributed by atoms with Crippen LogP contribution in [-0.2, 0) is 13.1 Å². The number of rotatable bonds is 4. The van der Waals surface area contributed by atoms with Crippen molar-refractivity contribution in [2.75, 3.05) is 26.2 Å². The van der Waals surface area contributed by atoms with Gasteiger partial charge in [0.25, 0.3) is 0 Å². The molecule has 2 aliphatic rings. The van der Waals surface area contributed by atoms with Crippen molar-refractivity contribution in [2.45, 2.75) is 44.8 Å². The molecule has 1 aliphatic heterocycles. The first-order chi connectivity index (χ1) is 9.85. The molecular weight excluding hydrogens is 246 g/mol. The maximum Gasteiger partial charge on any atom is 0.0234 e. The van der Waals surface area contributed by atoms with E-state index in [1.54, 1.807) is 0 Å². The summed E-state index contributed by atoms with van der Waals surface area (Å²) >= 11 is 0. The SMILES string of the molecule is NCc1ccc(CN2CCN(C3CCCC3)CC2)cc1. The van der Waals surface area contributed by atoms with Crippen molar-refractivity contribution in [3.8, 4) is 0 Å². The molecule has 3 heteroatoms. The number of nitrogens with zero attached hydrogens (tertiary/aromatic N) is 2. The predicted molar refractivity (Wildman–Crippen MR) is 83.4 cm³/mol. The molecule has 0 radical (unpaired) electrons. The molecule has 0 atom stereocenters. The zero-order chi connectivity index (χ0) is 13.8. The minimum atomic E-state index is 0.639. The summed E-state index contributed by atoms with van der Waals surface area (Å²) < 4.78 is 0. The van der Waals surface area contributed by atoms with E-state index in [-0.39, 0.29) is 0 Å². The van der Waals surface area contributed by atoms with E-state index in [1.165, 1.54) is 63.0 Å². The zero-order valence-electron chi connectivity index (χ0n) is 12.4. The van der Waals surface area contributed by atoms with E-state index in [4.69, 9.17) is 5.73 Å². The van der Waals surface area contributed by atoms with Gasteiger partial charge in [-0.1, -0.05) is 37.1 Å². The van der Waals surface area contributed by atoms with Gasteiger partial charge >= 0.3 is 0 Å². The summed E-state index contributed by atoms with van der Waals surface area (Å²) in [5.41, 5.74) is 8.28. The molecule has 0 bridgehead atoms. The normalized spacial score (nSPS) is 22.4. The van der Waals surface area contributed by atoms with Crippen molar-refractivity contribution in [1.82, 2.24) is 9.80 Å². The number of piperazine rings is 1. The van der Waals surface area contributed by atoms with Gasteiger partial charge in [-0.2, -0.15) is 0 Å². The Balaban J connectivity index is 1.47. The van der Waals surface area contributed by atoms with Gasteiger partial charge in [-0.25, -0.2) is 0 Å². The first-order valence-electron chi connectivity index (χ1n) is 8.09. The van der Waals surface area contributed by atoms with Crippen molar-refractivity contribution in [1.29, 1.82) is 0 Å². The molecule has 1 aromatic rings. The Bertz CT molecular complexity index is 401. The van der Waals surface area contributed by atoms with Gasteiger partial charge in [0.05, 0.1) is 0 Å². The topological polar surface area (TPSA) is 32.5 Å². The molecule has 0 spiro atoms. The average Bonchev–Trinajstić information content (AvgIpc) is 3.03. The minimum Gasteiger partial charge on any atom is -0.326 e. The van der Waals surface area contributed by atoms with Gasteiger partial charge in [-0.05, 0) is 24.0 Å². The van der Waals surface area contributed by atoms with Crippen LogP contribution in [0.1, 0.15) is 36.8 Å². The fourth-order valence-corrected chi connectivity index (χ4v) is 3.59. The molecule has 1 saturated heterocycles. The summed E-state index contributed by atoms with van der Waals surface area (Å²) in [6, 6.07) is 9.66. The number of hydrogen-bond acceptors (Lipinski definition) is 3. The van der Waals surface area contributed by atoms with Crippen LogP contribution < -0.4 is 5.73 Å². The molecule has 1 heterocycles. The summed E-state index contributed by atoms with van der Waals surface area (Å²) in [5, 5.41) is 0. The van der Waals surface area contributed by atoms with Crippen LogP contribution in [0.4, 0.5) is 0 Å². The monoisotopic (exact) mass is 273 g/mol. The van der Waals surface area contributed by atoms with E-state index < -0.39 is 0 Å². The average molecular weight is 273 g/mol. The van der Waals surface area contributed by atoms with Gasteiger partial charge in [0.1, 0.15) is 0 Å².